The Morgan fingerprint density at radius 3 is 2.60 bits per heavy atom. The van der Waals surface area contributed by atoms with Gasteiger partial charge in [0.25, 0.3) is 0 Å². The minimum atomic E-state index is 0.193. The molecule has 0 spiro atoms. The molecule has 4 rings (SSSR count). The molecule has 1 fully saturated rings. The number of morpholine rings is 1. The molecule has 2 heterocycles. The quantitative estimate of drug-likeness (QED) is 0.636. The maximum Gasteiger partial charge on any atom is 0.231 e. The van der Waals surface area contributed by atoms with Gasteiger partial charge in [0.1, 0.15) is 0 Å². The summed E-state index contributed by atoms with van der Waals surface area (Å²) in [7, 11) is 0. The van der Waals surface area contributed by atoms with E-state index in [4.69, 9.17) is 14.2 Å². The number of carbonyl (C=O) groups excluding carboxylic acids is 1. The minimum Gasteiger partial charge on any atom is -0.454 e. The fourth-order valence-electron chi connectivity index (χ4n) is 3.92. The van der Waals surface area contributed by atoms with Crippen molar-refractivity contribution >= 4 is 5.91 Å². The molecular formula is C24H30N2O4. The topological polar surface area (TPSA) is 51.2 Å². The number of hydrogen-bond donors (Lipinski definition) is 0. The van der Waals surface area contributed by atoms with Gasteiger partial charge in [-0.2, -0.15) is 0 Å². The van der Waals surface area contributed by atoms with Crippen LogP contribution in [-0.4, -0.2) is 61.9 Å². The SMILES string of the molecule is O=C(CCc1ccccc1)N(CCCN1CCOCC1)Cc1ccc2c(c1)OCO2. The lowest BCUT2D eigenvalue weighted by atomic mass is 10.1. The molecule has 0 aliphatic carbocycles. The van der Waals surface area contributed by atoms with Crippen LogP contribution in [0.5, 0.6) is 11.5 Å². The van der Waals surface area contributed by atoms with Gasteiger partial charge in [0, 0.05) is 39.1 Å². The standard InChI is InChI=1S/C24H30N2O4/c27-24(10-8-20-5-2-1-3-6-20)26(12-4-11-25-13-15-28-16-14-25)18-21-7-9-22-23(17-21)30-19-29-22/h1-3,5-7,9,17H,4,8,10-16,18-19H2. The predicted molar refractivity (Wildman–Crippen MR) is 115 cm³/mol. The van der Waals surface area contributed by atoms with Crippen molar-refractivity contribution < 1.29 is 19.0 Å². The molecule has 0 unspecified atom stereocenters. The summed E-state index contributed by atoms with van der Waals surface area (Å²) in [4.78, 5) is 17.5. The normalized spacial score (nSPS) is 15.9. The Morgan fingerprint density at radius 2 is 1.77 bits per heavy atom. The average molecular weight is 411 g/mol. The zero-order chi connectivity index (χ0) is 20.6. The number of benzene rings is 2. The van der Waals surface area contributed by atoms with E-state index >= 15 is 0 Å². The second-order valence-electron chi connectivity index (χ2n) is 7.80. The number of amides is 1. The van der Waals surface area contributed by atoms with E-state index in [1.54, 1.807) is 0 Å². The first-order valence-electron chi connectivity index (χ1n) is 10.8. The van der Waals surface area contributed by atoms with Gasteiger partial charge in [-0.25, -0.2) is 0 Å². The van der Waals surface area contributed by atoms with Crippen LogP contribution in [0, 0.1) is 0 Å². The zero-order valence-electron chi connectivity index (χ0n) is 17.4. The van der Waals surface area contributed by atoms with Gasteiger partial charge in [0.2, 0.25) is 12.7 Å². The third-order valence-corrected chi connectivity index (χ3v) is 5.64. The molecule has 2 aromatic carbocycles. The molecule has 2 aliphatic heterocycles. The number of rotatable bonds is 9. The van der Waals surface area contributed by atoms with Crippen LogP contribution >= 0.6 is 0 Å². The molecule has 1 saturated heterocycles. The summed E-state index contributed by atoms with van der Waals surface area (Å²) < 4.78 is 16.3. The zero-order valence-corrected chi connectivity index (χ0v) is 17.4. The van der Waals surface area contributed by atoms with E-state index in [0.29, 0.717) is 13.0 Å². The third kappa shape index (κ3) is 5.74. The number of nitrogens with zero attached hydrogens (tertiary/aromatic N) is 2. The molecule has 0 radical (unpaired) electrons. The molecule has 0 aromatic heterocycles. The van der Waals surface area contributed by atoms with Gasteiger partial charge >= 0.3 is 0 Å². The van der Waals surface area contributed by atoms with Gasteiger partial charge in [-0.15, -0.1) is 0 Å². The maximum absolute atomic E-state index is 13.1. The lowest BCUT2D eigenvalue weighted by molar-refractivity contribution is -0.132. The van der Waals surface area contributed by atoms with Crippen molar-refractivity contribution in [1.82, 2.24) is 9.80 Å². The Balaban J connectivity index is 1.36. The van der Waals surface area contributed by atoms with E-state index in [1.807, 2.05) is 41.3 Å². The van der Waals surface area contributed by atoms with Gasteiger partial charge in [-0.1, -0.05) is 36.4 Å². The van der Waals surface area contributed by atoms with Crippen LogP contribution in [0.1, 0.15) is 24.0 Å². The number of carbonyl (C=O) groups is 1. The van der Waals surface area contributed by atoms with Crippen molar-refractivity contribution in [2.45, 2.75) is 25.8 Å². The van der Waals surface area contributed by atoms with Crippen LogP contribution in [0.4, 0.5) is 0 Å². The van der Waals surface area contributed by atoms with Crippen LogP contribution < -0.4 is 9.47 Å². The maximum atomic E-state index is 13.1. The highest BCUT2D eigenvalue weighted by atomic mass is 16.7. The van der Waals surface area contributed by atoms with Crippen LogP contribution in [0.25, 0.3) is 0 Å². The first kappa shape index (κ1) is 20.7. The number of fused-ring (bicyclic) bond motifs is 1. The summed E-state index contributed by atoms with van der Waals surface area (Å²) >= 11 is 0. The summed E-state index contributed by atoms with van der Waals surface area (Å²) in [5.41, 5.74) is 2.26. The first-order valence-corrected chi connectivity index (χ1v) is 10.8. The molecule has 2 aromatic rings. The van der Waals surface area contributed by atoms with Crippen molar-refractivity contribution in [3.05, 3.63) is 59.7 Å². The Bertz CT molecular complexity index is 821. The lowest BCUT2D eigenvalue weighted by Crippen LogP contribution is -2.39. The molecule has 0 bridgehead atoms. The van der Waals surface area contributed by atoms with Gasteiger partial charge in [0.05, 0.1) is 13.2 Å². The summed E-state index contributed by atoms with van der Waals surface area (Å²) in [6, 6.07) is 16.1. The molecule has 6 nitrogen and oxygen atoms in total. The molecule has 2 aliphatic rings. The van der Waals surface area contributed by atoms with E-state index in [0.717, 1.165) is 69.3 Å². The molecule has 0 N–H and O–H groups in total. The fraction of sp³-hybridized carbons (Fsp3) is 0.458. The van der Waals surface area contributed by atoms with Crippen molar-refractivity contribution in [3.63, 3.8) is 0 Å². The van der Waals surface area contributed by atoms with E-state index in [-0.39, 0.29) is 12.7 Å². The minimum absolute atomic E-state index is 0.193. The van der Waals surface area contributed by atoms with Gasteiger partial charge in [0.15, 0.2) is 11.5 Å². The molecule has 0 saturated carbocycles. The van der Waals surface area contributed by atoms with E-state index in [2.05, 4.69) is 17.0 Å². The summed E-state index contributed by atoms with van der Waals surface area (Å²) in [5, 5.41) is 0. The van der Waals surface area contributed by atoms with Crippen molar-refractivity contribution in [2.75, 3.05) is 46.2 Å². The third-order valence-electron chi connectivity index (χ3n) is 5.64. The fourth-order valence-corrected chi connectivity index (χ4v) is 3.92. The van der Waals surface area contributed by atoms with Gasteiger partial charge in [-0.05, 0) is 36.1 Å². The smallest absolute Gasteiger partial charge is 0.231 e. The molecular weight excluding hydrogens is 380 g/mol. The highest BCUT2D eigenvalue weighted by molar-refractivity contribution is 5.76. The number of aryl methyl sites for hydroxylation is 1. The van der Waals surface area contributed by atoms with Crippen LogP contribution in [0.15, 0.2) is 48.5 Å². The monoisotopic (exact) mass is 410 g/mol. The molecule has 1 amide bonds. The van der Waals surface area contributed by atoms with Crippen LogP contribution in [-0.2, 0) is 22.5 Å². The largest absolute Gasteiger partial charge is 0.454 e. The summed E-state index contributed by atoms with van der Waals surface area (Å²) in [6.07, 6.45) is 2.24. The van der Waals surface area contributed by atoms with Crippen molar-refractivity contribution in [3.8, 4) is 11.5 Å². The second-order valence-corrected chi connectivity index (χ2v) is 7.80. The highest BCUT2D eigenvalue weighted by Crippen LogP contribution is 2.32. The second kappa shape index (κ2) is 10.5. The van der Waals surface area contributed by atoms with Crippen LogP contribution in [0.3, 0.4) is 0 Å². The summed E-state index contributed by atoms with van der Waals surface area (Å²) in [5.74, 6) is 1.73. The first-order chi connectivity index (χ1) is 14.8. The van der Waals surface area contributed by atoms with Gasteiger partial charge in [-0.3, -0.25) is 9.69 Å². The van der Waals surface area contributed by atoms with E-state index in [1.165, 1.54) is 5.56 Å². The Morgan fingerprint density at radius 1 is 0.967 bits per heavy atom. The molecule has 30 heavy (non-hydrogen) atoms. The lowest BCUT2D eigenvalue weighted by Gasteiger charge is -2.28. The molecule has 0 atom stereocenters. The van der Waals surface area contributed by atoms with Crippen molar-refractivity contribution in [1.29, 1.82) is 0 Å². The van der Waals surface area contributed by atoms with Crippen LogP contribution in [0.2, 0.25) is 0 Å². The highest BCUT2D eigenvalue weighted by Gasteiger charge is 2.18. The molecule has 6 heteroatoms. The van der Waals surface area contributed by atoms with E-state index < -0.39 is 0 Å². The predicted octanol–water partition coefficient (Wildman–Crippen LogP) is 3.10. The number of hydrogen-bond acceptors (Lipinski definition) is 5. The molecule has 160 valence electrons. The number of ether oxygens (including phenoxy) is 3. The Kier molecular flexibility index (Phi) is 7.21. The van der Waals surface area contributed by atoms with E-state index in [9.17, 15) is 4.79 Å². The Hall–Kier alpha value is -2.57. The summed E-state index contributed by atoms with van der Waals surface area (Å²) in [6.45, 7) is 6.15. The van der Waals surface area contributed by atoms with Crippen molar-refractivity contribution in [2.24, 2.45) is 0 Å². The Labute approximate surface area is 178 Å². The average Bonchev–Trinajstić information content (AvgIpc) is 3.26. The van der Waals surface area contributed by atoms with Gasteiger partial charge < -0.3 is 19.1 Å².